The van der Waals surface area contributed by atoms with Gasteiger partial charge < -0.3 is 9.47 Å². The number of likely N-dealkylation sites (tertiary alicyclic amines) is 1. The minimum absolute atomic E-state index is 0.0884. The Balaban J connectivity index is 1.66. The summed E-state index contributed by atoms with van der Waals surface area (Å²) in [5.74, 6) is 1.80. The third kappa shape index (κ3) is 4.38. The highest BCUT2D eigenvalue weighted by atomic mass is 32.2. The lowest BCUT2D eigenvalue weighted by Crippen LogP contribution is -3.13. The molecule has 0 amide bonds. The van der Waals surface area contributed by atoms with Crippen LogP contribution in [0.2, 0.25) is 0 Å². The van der Waals surface area contributed by atoms with E-state index >= 15 is 0 Å². The number of nitrogens with one attached hydrogen (secondary N) is 1. The van der Waals surface area contributed by atoms with Gasteiger partial charge in [0.2, 0.25) is 0 Å². The maximum absolute atomic E-state index is 10.8. The van der Waals surface area contributed by atoms with Crippen molar-refractivity contribution < 1.29 is 9.82 Å². The molecule has 0 aliphatic carbocycles. The van der Waals surface area contributed by atoms with E-state index in [1.54, 1.807) is 28.8 Å². The minimum atomic E-state index is -0.390. The van der Waals surface area contributed by atoms with Crippen molar-refractivity contribution in [1.82, 2.24) is 14.8 Å². The van der Waals surface area contributed by atoms with Gasteiger partial charge in [0.05, 0.1) is 30.3 Å². The molecule has 1 aliphatic heterocycles. The Morgan fingerprint density at radius 1 is 1.20 bits per heavy atom. The normalized spacial score (nSPS) is 15.4. The third-order valence-corrected chi connectivity index (χ3v) is 5.59. The maximum Gasteiger partial charge on any atom is 0.269 e. The Hall–Kier alpha value is -1.93. The zero-order valence-electron chi connectivity index (χ0n) is 14.5. The molecular formula is C17H24N5O2S+. The summed E-state index contributed by atoms with van der Waals surface area (Å²) < 4.78 is 2.08. The molecule has 1 N–H and O–H groups in total. The molecule has 1 saturated heterocycles. The van der Waals surface area contributed by atoms with Crippen LogP contribution < -0.4 is 4.90 Å². The molecule has 0 saturated carbocycles. The van der Waals surface area contributed by atoms with Gasteiger partial charge in [0.15, 0.2) is 11.0 Å². The number of aromatic nitrogens is 3. The average molecular weight is 362 g/mol. The summed E-state index contributed by atoms with van der Waals surface area (Å²) in [6.45, 7) is 6.58. The summed E-state index contributed by atoms with van der Waals surface area (Å²) in [4.78, 5) is 12.1. The number of rotatable bonds is 7. The highest BCUT2D eigenvalue weighted by molar-refractivity contribution is 7.99. The molecular weight excluding hydrogens is 338 g/mol. The molecule has 2 aromatic rings. The first-order valence-electron chi connectivity index (χ1n) is 8.83. The second-order valence-electron chi connectivity index (χ2n) is 6.26. The Bertz CT molecular complexity index is 710. The Morgan fingerprint density at radius 2 is 1.92 bits per heavy atom. The molecule has 134 valence electrons. The lowest BCUT2D eigenvalue weighted by atomic mass is 10.1. The van der Waals surface area contributed by atoms with Crippen molar-refractivity contribution in [3.8, 4) is 11.4 Å². The Morgan fingerprint density at radius 3 is 2.56 bits per heavy atom. The van der Waals surface area contributed by atoms with E-state index in [0.717, 1.165) is 35.4 Å². The van der Waals surface area contributed by atoms with E-state index in [0.29, 0.717) is 0 Å². The predicted molar refractivity (Wildman–Crippen MR) is 97.9 cm³/mol. The molecule has 3 rings (SSSR count). The summed E-state index contributed by atoms with van der Waals surface area (Å²) >= 11 is 1.75. The van der Waals surface area contributed by atoms with Crippen molar-refractivity contribution in [2.75, 3.05) is 25.4 Å². The summed E-state index contributed by atoms with van der Waals surface area (Å²) in [5.41, 5.74) is 0.943. The summed E-state index contributed by atoms with van der Waals surface area (Å²) in [5, 5.41) is 20.4. The van der Waals surface area contributed by atoms with E-state index in [1.165, 1.54) is 44.5 Å². The van der Waals surface area contributed by atoms with Gasteiger partial charge in [0, 0.05) is 24.2 Å². The van der Waals surface area contributed by atoms with E-state index in [2.05, 4.69) is 21.7 Å². The number of thioether (sulfide) groups is 1. The number of nitro groups is 1. The van der Waals surface area contributed by atoms with Crippen LogP contribution in [0.5, 0.6) is 0 Å². The molecule has 0 bridgehead atoms. The second-order valence-corrected chi connectivity index (χ2v) is 7.33. The number of hydrogen-bond acceptors (Lipinski definition) is 5. The molecule has 0 spiro atoms. The van der Waals surface area contributed by atoms with E-state index in [1.807, 2.05) is 0 Å². The van der Waals surface area contributed by atoms with Crippen LogP contribution in [0.1, 0.15) is 26.2 Å². The van der Waals surface area contributed by atoms with Crippen molar-refractivity contribution in [3.05, 3.63) is 34.4 Å². The second kappa shape index (κ2) is 8.44. The molecule has 1 fully saturated rings. The van der Waals surface area contributed by atoms with Crippen molar-refractivity contribution in [2.24, 2.45) is 0 Å². The van der Waals surface area contributed by atoms with Crippen molar-refractivity contribution >= 4 is 17.4 Å². The van der Waals surface area contributed by atoms with Crippen molar-refractivity contribution in [3.63, 3.8) is 0 Å². The van der Waals surface area contributed by atoms with Crippen LogP contribution in [0, 0.1) is 10.1 Å². The van der Waals surface area contributed by atoms with Crippen LogP contribution in [-0.2, 0) is 6.54 Å². The Labute approximate surface area is 151 Å². The third-order valence-electron chi connectivity index (χ3n) is 4.62. The average Bonchev–Trinajstić information content (AvgIpc) is 3.05. The summed E-state index contributed by atoms with van der Waals surface area (Å²) in [6, 6.07) is 6.49. The highest BCUT2D eigenvalue weighted by Crippen LogP contribution is 2.25. The molecule has 1 aromatic carbocycles. The zero-order chi connectivity index (χ0) is 17.6. The highest BCUT2D eigenvalue weighted by Gasteiger charge is 2.17. The van der Waals surface area contributed by atoms with Gasteiger partial charge >= 0.3 is 0 Å². The molecule has 1 aromatic heterocycles. The van der Waals surface area contributed by atoms with Gasteiger partial charge in [-0.15, -0.1) is 10.2 Å². The number of nitrogens with zero attached hydrogens (tertiary/aromatic N) is 4. The van der Waals surface area contributed by atoms with Crippen molar-refractivity contribution in [2.45, 2.75) is 37.9 Å². The van der Waals surface area contributed by atoms with Crippen LogP contribution in [0.15, 0.2) is 29.4 Å². The Kier molecular flexibility index (Phi) is 6.04. The van der Waals surface area contributed by atoms with Crippen LogP contribution in [0.25, 0.3) is 11.4 Å². The molecule has 2 heterocycles. The standard InChI is InChI=1S/C17H23N5O2S/c1-2-21-16(14-6-8-15(9-7-14)22(23)24)18-19-17(21)25-13-12-20-10-4-3-5-11-20/h6-9H,2-5,10-13H2,1H3/p+1. The van der Waals surface area contributed by atoms with Gasteiger partial charge in [-0.3, -0.25) is 10.1 Å². The van der Waals surface area contributed by atoms with Gasteiger partial charge in [0.1, 0.15) is 0 Å². The monoisotopic (exact) mass is 362 g/mol. The lowest BCUT2D eigenvalue weighted by molar-refractivity contribution is -0.902. The van der Waals surface area contributed by atoms with Gasteiger partial charge in [-0.1, -0.05) is 11.8 Å². The fraction of sp³-hybridized carbons (Fsp3) is 0.529. The van der Waals surface area contributed by atoms with E-state index in [4.69, 9.17) is 0 Å². The molecule has 8 heteroatoms. The topological polar surface area (TPSA) is 78.3 Å². The first-order chi connectivity index (χ1) is 12.2. The van der Waals surface area contributed by atoms with Crippen LogP contribution in [-0.4, -0.2) is 45.1 Å². The van der Waals surface area contributed by atoms with E-state index in [-0.39, 0.29) is 5.69 Å². The lowest BCUT2D eigenvalue weighted by Gasteiger charge is -2.23. The van der Waals surface area contributed by atoms with Crippen LogP contribution in [0.4, 0.5) is 5.69 Å². The molecule has 25 heavy (non-hydrogen) atoms. The number of hydrogen-bond donors (Lipinski definition) is 1. The summed E-state index contributed by atoms with van der Waals surface area (Å²) in [7, 11) is 0. The number of benzene rings is 1. The summed E-state index contributed by atoms with van der Waals surface area (Å²) in [6.07, 6.45) is 4.06. The van der Waals surface area contributed by atoms with E-state index in [9.17, 15) is 10.1 Å². The quantitative estimate of drug-likeness (QED) is 0.463. The first-order valence-corrected chi connectivity index (χ1v) is 9.82. The minimum Gasteiger partial charge on any atom is -0.334 e. The largest absolute Gasteiger partial charge is 0.334 e. The zero-order valence-corrected chi connectivity index (χ0v) is 15.3. The van der Waals surface area contributed by atoms with Gasteiger partial charge in [-0.05, 0) is 38.3 Å². The fourth-order valence-corrected chi connectivity index (χ4v) is 4.26. The number of nitro benzene ring substituents is 1. The molecule has 1 aliphatic rings. The van der Waals surface area contributed by atoms with Gasteiger partial charge in [0.25, 0.3) is 5.69 Å². The number of piperidine rings is 1. The first kappa shape index (κ1) is 17.9. The van der Waals surface area contributed by atoms with Gasteiger partial charge in [-0.2, -0.15) is 0 Å². The maximum atomic E-state index is 10.8. The number of quaternary nitrogens is 1. The predicted octanol–water partition coefficient (Wildman–Crippen LogP) is 2.03. The van der Waals surface area contributed by atoms with E-state index < -0.39 is 4.92 Å². The molecule has 7 nitrogen and oxygen atoms in total. The molecule has 0 radical (unpaired) electrons. The van der Waals surface area contributed by atoms with Crippen LogP contribution in [0.3, 0.4) is 0 Å². The van der Waals surface area contributed by atoms with Gasteiger partial charge in [-0.25, -0.2) is 0 Å². The van der Waals surface area contributed by atoms with Crippen LogP contribution >= 0.6 is 11.8 Å². The number of non-ortho nitro benzene ring substituents is 1. The van der Waals surface area contributed by atoms with Crippen molar-refractivity contribution in [1.29, 1.82) is 0 Å². The molecule has 0 atom stereocenters. The molecule has 0 unspecified atom stereocenters. The fourth-order valence-electron chi connectivity index (χ4n) is 3.21. The smallest absolute Gasteiger partial charge is 0.269 e. The SMILES string of the molecule is CCn1c(SCC[NH+]2CCCCC2)nnc1-c1ccc([N+](=O)[O-])cc1.